The van der Waals surface area contributed by atoms with Crippen LogP contribution in [0.2, 0.25) is 0 Å². The average molecular weight is 537 g/mol. The number of halogens is 1. The number of carbonyl (C=O) groups excluding carboxylic acids is 2. The van der Waals surface area contributed by atoms with E-state index in [1.54, 1.807) is 25.1 Å². The highest BCUT2D eigenvalue weighted by molar-refractivity contribution is 9.10. The van der Waals surface area contributed by atoms with Crippen LogP contribution in [0.25, 0.3) is 6.08 Å². The smallest absolute Gasteiger partial charge is 0.341 e. The van der Waals surface area contributed by atoms with Crippen LogP contribution < -0.4 is 9.47 Å². The van der Waals surface area contributed by atoms with Crippen LogP contribution in [-0.2, 0) is 16.1 Å². The maximum Gasteiger partial charge on any atom is 0.341 e. The summed E-state index contributed by atoms with van der Waals surface area (Å²) in [5.74, 6) is -1.20. The van der Waals surface area contributed by atoms with Crippen molar-refractivity contribution in [3.8, 4) is 11.5 Å². The van der Waals surface area contributed by atoms with Crippen LogP contribution in [-0.4, -0.2) is 45.3 Å². The van der Waals surface area contributed by atoms with Gasteiger partial charge in [-0.05, 0) is 64.0 Å². The molecule has 1 fully saturated rings. The number of nitro groups is 1. The lowest BCUT2D eigenvalue weighted by atomic mass is 10.1. The molecule has 0 saturated carbocycles. The number of imide groups is 1. The minimum atomic E-state index is -1.15. The molecule has 0 bridgehead atoms. The zero-order chi connectivity index (χ0) is 24.1. The van der Waals surface area contributed by atoms with Crippen molar-refractivity contribution >= 4 is 56.6 Å². The Morgan fingerprint density at radius 2 is 2.03 bits per heavy atom. The lowest BCUT2D eigenvalue weighted by Gasteiger charge is -2.14. The number of benzene rings is 2. The third-order valence-corrected chi connectivity index (χ3v) is 5.80. The van der Waals surface area contributed by atoms with Crippen LogP contribution >= 0.6 is 27.7 Å². The van der Waals surface area contributed by atoms with Gasteiger partial charge in [0.1, 0.15) is 0 Å². The topological polar surface area (TPSA) is 136 Å². The third-order valence-electron chi connectivity index (χ3n) is 4.31. The van der Waals surface area contributed by atoms with Gasteiger partial charge in [0.25, 0.3) is 16.8 Å². The van der Waals surface area contributed by atoms with Crippen molar-refractivity contribution in [2.75, 3.05) is 13.2 Å². The van der Waals surface area contributed by atoms with E-state index in [9.17, 15) is 24.5 Å². The van der Waals surface area contributed by atoms with E-state index >= 15 is 0 Å². The molecule has 0 radical (unpaired) electrons. The lowest BCUT2D eigenvalue weighted by Crippen LogP contribution is -2.27. The number of nitrogens with zero attached hydrogens (tertiary/aromatic N) is 2. The Balaban J connectivity index is 1.85. The third kappa shape index (κ3) is 5.90. The van der Waals surface area contributed by atoms with Gasteiger partial charge in [0.2, 0.25) is 0 Å². The Morgan fingerprint density at radius 3 is 2.70 bits per heavy atom. The number of amides is 2. The zero-order valence-electron chi connectivity index (χ0n) is 17.1. The summed E-state index contributed by atoms with van der Waals surface area (Å²) in [7, 11) is 0. The molecule has 0 unspecified atom stereocenters. The highest BCUT2D eigenvalue weighted by Crippen LogP contribution is 2.39. The van der Waals surface area contributed by atoms with Crippen molar-refractivity contribution in [2.45, 2.75) is 13.5 Å². The fourth-order valence-corrected chi connectivity index (χ4v) is 4.36. The highest BCUT2D eigenvalue weighted by Gasteiger charge is 2.35. The monoisotopic (exact) mass is 536 g/mol. The van der Waals surface area contributed by atoms with Crippen molar-refractivity contribution in [3.63, 3.8) is 0 Å². The van der Waals surface area contributed by atoms with Gasteiger partial charge in [-0.3, -0.25) is 24.6 Å². The predicted octanol–water partition coefficient (Wildman–Crippen LogP) is 4.46. The maximum absolute atomic E-state index is 12.8. The molecule has 33 heavy (non-hydrogen) atoms. The van der Waals surface area contributed by atoms with Crippen LogP contribution in [0.15, 0.2) is 45.8 Å². The zero-order valence-corrected chi connectivity index (χ0v) is 19.6. The molecule has 12 heteroatoms. The SMILES string of the molecule is CCOc1cc(/C=C2\SC(=O)N(Cc3cccc([N+](=O)[O-])c3)C2=O)cc(Br)c1OCC(=O)O. The molecule has 1 heterocycles. The first kappa shape index (κ1) is 24.3. The van der Waals surface area contributed by atoms with Gasteiger partial charge in [-0.1, -0.05) is 12.1 Å². The second-order valence-corrected chi connectivity index (χ2v) is 8.49. The van der Waals surface area contributed by atoms with E-state index in [0.29, 0.717) is 22.2 Å². The molecule has 0 atom stereocenters. The van der Waals surface area contributed by atoms with Gasteiger partial charge in [0.15, 0.2) is 18.1 Å². The quantitative estimate of drug-likeness (QED) is 0.279. The van der Waals surface area contributed by atoms with Gasteiger partial charge in [0.05, 0.1) is 27.5 Å². The maximum atomic E-state index is 12.8. The molecule has 2 aromatic carbocycles. The number of hydrogen-bond donors (Lipinski definition) is 1. The number of carbonyl (C=O) groups is 3. The van der Waals surface area contributed by atoms with Crippen LogP contribution in [0.4, 0.5) is 10.5 Å². The summed E-state index contributed by atoms with van der Waals surface area (Å²) in [5.41, 5.74) is 0.844. The second kappa shape index (κ2) is 10.5. The molecule has 172 valence electrons. The molecule has 0 aromatic heterocycles. The van der Waals surface area contributed by atoms with E-state index in [2.05, 4.69) is 15.9 Å². The standard InChI is InChI=1S/C21H17BrN2O8S/c1-2-31-16-8-13(7-15(22)19(16)32-11-18(25)26)9-17-20(27)23(21(28)33-17)10-12-4-3-5-14(6-12)24(29)30/h3-9H,2,10-11H2,1H3,(H,25,26)/b17-9-. The Bertz CT molecular complexity index is 1170. The van der Waals surface area contributed by atoms with Gasteiger partial charge in [-0.15, -0.1) is 0 Å². The summed E-state index contributed by atoms with van der Waals surface area (Å²) >= 11 is 4.07. The number of rotatable bonds is 9. The van der Waals surface area contributed by atoms with Crippen molar-refractivity contribution in [1.29, 1.82) is 0 Å². The summed E-state index contributed by atoms with van der Waals surface area (Å²) in [6.45, 7) is 1.38. The van der Waals surface area contributed by atoms with E-state index in [4.69, 9.17) is 14.6 Å². The Kier molecular flexibility index (Phi) is 7.71. The Hall–Kier alpha value is -3.38. The summed E-state index contributed by atoms with van der Waals surface area (Å²) in [6, 6.07) is 8.90. The molecular weight excluding hydrogens is 520 g/mol. The normalized spacial score (nSPS) is 14.6. The van der Waals surface area contributed by atoms with Crippen LogP contribution in [0.1, 0.15) is 18.1 Å². The Morgan fingerprint density at radius 1 is 1.27 bits per heavy atom. The average Bonchev–Trinajstić information content (AvgIpc) is 3.00. The van der Waals surface area contributed by atoms with Crippen LogP contribution in [0.5, 0.6) is 11.5 Å². The molecule has 0 aliphatic carbocycles. The van der Waals surface area contributed by atoms with Crippen LogP contribution in [0, 0.1) is 10.1 Å². The van der Waals surface area contributed by atoms with Gasteiger partial charge in [-0.25, -0.2) is 4.79 Å². The molecule has 1 aliphatic rings. The van der Waals surface area contributed by atoms with Crippen molar-refractivity contribution in [3.05, 3.63) is 67.0 Å². The molecule has 10 nitrogen and oxygen atoms in total. The summed E-state index contributed by atoms with van der Waals surface area (Å²) in [6.07, 6.45) is 1.51. The number of carboxylic acid groups (broad SMARTS) is 1. The fraction of sp³-hybridized carbons (Fsp3) is 0.190. The van der Waals surface area contributed by atoms with Crippen molar-refractivity contribution in [1.82, 2.24) is 4.90 Å². The first-order chi connectivity index (χ1) is 15.7. The number of hydrogen-bond acceptors (Lipinski definition) is 8. The lowest BCUT2D eigenvalue weighted by molar-refractivity contribution is -0.384. The molecule has 1 N–H and O–H groups in total. The highest BCUT2D eigenvalue weighted by atomic mass is 79.9. The van der Waals surface area contributed by atoms with Gasteiger partial charge < -0.3 is 14.6 Å². The van der Waals surface area contributed by atoms with E-state index in [-0.39, 0.29) is 28.6 Å². The Labute approximate surface area is 200 Å². The molecule has 2 amide bonds. The van der Waals surface area contributed by atoms with Crippen molar-refractivity contribution in [2.24, 2.45) is 0 Å². The summed E-state index contributed by atoms with van der Waals surface area (Å²) in [5, 5.41) is 19.3. The largest absolute Gasteiger partial charge is 0.490 e. The van der Waals surface area contributed by atoms with E-state index in [0.717, 1.165) is 16.7 Å². The second-order valence-electron chi connectivity index (χ2n) is 6.64. The number of aliphatic carboxylic acids is 1. The number of thioether (sulfide) groups is 1. The van der Waals surface area contributed by atoms with Gasteiger partial charge in [0, 0.05) is 12.1 Å². The number of nitro benzene ring substituents is 1. The predicted molar refractivity (Wildman–Crippen MR) is 123 cm³/mol. The summed E-state index contributed by atoms with van der Waals surface area (Å²) < 4.78 is 11.2. The minimum Gasteiger partial charge on any atom is -0.490 e. The van der Waals surface area contributed by atoms with E-state index < -0.39 is 28.6 Å². The van der Waals surface area contributed by atoms with Gasteiger partial charge in [-0.2, -0.15) is 0 Å². The molecular formula is C21H17BrN2O8S. The summed E-state index contributed by atoms with van der Waals surface area (Å²) in [4.78, 5) is 47.7. The number of non-ortho nitro benzene ring substituents is 1. The molecule has 3 rings (SSSR count). The number of ether oxygens (including phenoxy) is 2. The molecule has 2 aromatic rings. The first-order valence-corrected chi connectivity index (χ1v) is 11.1. The van der Waals surface area contributed by atoms with Crippen molar-refractivity contribution < 1.29 is 33.9 Å². The number of carboxylic acids is 1. The van der Waals surface area contributed by atoms with Gasteiger partial charge >= 0.3 is 5.97 Å². The van der Waals surface area contributed by atoms with Crippen LogP contribution in [0.3, 0.4) is 0 Å². The van der Waals surface area contributed by atoms with E-state index in [1.807, 2.05) is 0 Å². The molecule has 1 aliphatic heterocycles. The molecule has 0 spiro atoms. The van der Waals surface area contributed by atoms with E-state index in [1.165, 1.54) is 24.3 Å². The fourth-order valence-electron chi connectivity index (χ4n) is 2.95. The molecule has 1 saturated heterocycles. The minimum absolute atomic E-state index is 0.0977. The first-order valence-electron chi connectivity index (χ1n) is 9.49.